The maximum atomic E-state index is 12.6. The minimum absolute atomic E-state index is 0.0177. The molecule has 6 heteroatoms. The average molecular weight is 286 g/mol. The standard InChI is InChI=1S/C15H14N2O4/c18-14(11-9-13(15(19)20)21-16-11)17-8-4-3-6-10-5-1-2-7-12(10)17/h1-2,5,7,9H,3-4,6,8H2,(H,19,20). The molecule has 0 fully saturated rings. The number of benzene rings is 1. The van der Waals surface area contributed by atoms with Crippen LogP contribution in [-0.4, -0.2) is 28.7 Å². The molecule has 1 amide bonds. The van der Waals surface area contributed by atoms with Gasteiger partial charge in [-0.2, -0.15) is 0 Å². The molecule has 6 nitrogen and oxygen atoms in total. The summed E-state index contributed by atoms with van der Waals surface area (Å²) < 4.78 is 4.66. The third-order valence-electron chi connectivity index (χ3n) is 3.55. The Morgan fingerprint density at radius 3 is 2.81 bits per heavy atom. The first-order chi connectivity index (χ1) is 10.2. The summed E-state index contributed by atoms with van der Waals surface area (Å²) in [5.74, 6) is -1.90. The molecule has 0 spiro atoms. The highest BCUT2D eigenvalue weighted by Crippen LogP contribution is 2.27. The number of aromatic carboxylic acids is 1. The fraction of sp³-hybridized carbons (Fsp3) is 0.267. The van der Waals surface area contributed by atoms with Crippen LogP contribution in [0.5, 0.6) is 0 Å². The third-order valence-corrected chi connectivity index (χ3v) is 3.55. The largest absolute Gasteiger partial charge is 0.475 e. The first-order valence-electron chi connectivity index (χ1n) is 6.76. The Morgan fingerprint density at radius 2 is 2.05 bits per heavy atom. The molecule has 0 aliphatic carbocycles. The zero-order chi connectivity index (χ0) is 14.8. The van der Waals surface area contributed by atoms with Gasteiger partial charge in [0.1, 0.15) is 0 Å². The summed E-state index contributed by atoms with van der Waals surface area (Å²) in [5.41, 5.74) is 1.99. The number of aromatic nitrogens is 1. The minimum atomic E-state index is -1.24. The van der Waals surface area contributed by atoms with Gasteiger partial charge in [0.05, 0.1) is 0 Å². The number of aryl methyl sites for hydroxylation is 1. The van der Waals surface area contributed by atoms with Gasteiger partial charge in [0.25, 0.3) is 5.91 Å². The molecule has 2 heterocycles. The van der Waals surface area contributed by atoms with Crippen LogP contribution in [0.1, 0.15) is 39.4 Å². The van der Waals surface area contributed by atoms with E-state index in [0.717, 1.165) is 36.6 Å². The van der Waals surface area contributed by atoms with E-state index in [1.54, 1.807) is 4.90 Å². The Labute approximate surface area is 121 Å². The molecule has 108 valence electrons. The number of carboxylic acid groups (broad SMARTS) is 1. The van der Waals surface area contributed by atoms with Crippen molar-refractivity contribution in [1.29, 1.82) is 0 Å². The van der Waals surface area contributed by atoms with Gasteiger partial charge in [0.15, 0.2) is 5.69 Å². The quantitative estimate of drug-likeness (QED) is 0.916. The number of hydrogen-bond donors (Lipinski definition) is 1. The van der Waals surface area contributed by atoms with Crippen LogP contribution < -0.4 is 4.90 Å². The van der Waals surface area contributed by atoms with Gasteiger partial charge in [-0.25, -0.2) is 4.79 Å². The topological polar surface area (TPSA) is 83.6 Å². The Morgan fingerprint density at radius 1 is 1.24 bits per heavy atom. The molecule has 1 N–H and O–H groups in total. The van der Waals surface area contributed by atoms with Crippen molar-refractivity contribution < 1.29 is 19.2 Å². The van der Waals surface area contributed by atoms with Gasteiger partial charge in [0, 0.05) is 18.3 Å². The van der Waals surface area contributed by atoms with E-state index in [1.165, 1.54) is 0 Å². The van der Waals surface area contributed by atoms with Gasteiger partial charge < -0.3 is 14.5 Å². The van der Waals surface area contributed by atoms with Crippen molar-refractivity contribution in [2.75, 3.05) is 11.4 Å². The van der Waals surface area contributed by atoms with Crippen molar-refractivity contribution in [2.45, 2.75) is 19.3 Å². The second-order valence-corrected chi connectivity index (χ2v) is 4.92. The SMILES string of the molecule is O=C(O)c1cc(C(=O)N2CCCCc3ccccc32)no1. The molecule has 1 aromatic carbocycles. The molecule has 0 bridgehead atoms. The lowest BCUT2D eigenvalue weighted by Gasteiger charge is -2.21. The molecule has 21 heavy (non-hydrogen) atoms. The number of fused-ring (bicyclic) bond motifs is 1. The van der Waals surface area contributed by atoms with E-state index in [0.29, 0.717) is 6.54 Å². The highest BCUT2D eigenvalue weighted by molar-refractivity contribution is 6.06. The Bertz CT molecular complexity index is 692. The number of carbonyl (C=O) groups is 2. The van der Waals surface area contributed by atoms with Gasteiger partial charge in [-0.15, -0.1) is 0 Å². The molecular weight excluding hydrogens is 272 g/mol. The van der Waals surface area contributed by atoms with Gasteiger partial charge in [-0.3, -0.25) is 4.79 Å². The van der Waals surface area contributed by atoms with E-state index in [2.05, 4.69) is 9.68 Å². The number of anilines is 1. The van der Waals surface area contributed by atoms with Crippen LogP contribution in [0.4, 0.5) is 5.69 Å². The second-order valence-electron chi connectivity index (χ2n) is 4.92. The van der Waals surface area contributed by atoms with E-state index in [4.69, 9.17) is 5.11 Å². The number of nitrogens with zero attached hydrogens (tertiary/aromatic N) is 2. The van der Waals surface area contributed by atoms with Crippen molar-refractivity contribution >= 4 is 17.6 Å². The van der Waals surface area contributed by atoms with Gasteiger partial charge >= 0.3 is 5.97 Å². The first kappa shape index (κ1) is 13.4. The number of carbonyl (C=O) groups excluding carboxylic acids is 1. The monoisotopic (exact) mass is 286 g/mol. The van der Waals surface area contributed by atoms with Crippen LogP contribution in [0.3, 0.4) is 0 Å². The fourth-order valence-electron chi connectivity index (χ4n) is 2.52. The summed E-state index contributed by atoms with van der Waals surface area (Å²) in [7, 11) is 0. The van der Waals surface area contributed by atoms with Gasteiger partial charge in [0.2, 0.25) is 5.76 Å². The molecule has 0 saturated carbocycles. The van der Waals surface area contributed by atoms with Crippen LogP contribution in [0.15, 0.2) is 34.9 Å². The van der Waals surface area contributed by atoms with Crippen molar-refractivity contribution in [1.82, 2.24) is 5.16 Å². The Hall–Kier alpha value is -2.63. The molecule has 0 saturated heterocycles. The van der Waals surface area contributed by atoms with E-state index in [9.17, 15) is 9.59 Å². The minimum Gasteiger partial charge on any atom is -0.475 e. The molecule has 3 rings (SSSR count). The van der Waals surface area contributed by atoms with Crippen LogP contribution >= 0.6 is 0 Å². The lowest BCUT2D eigenvalue weighted by Crippen LogP contribution is -2.32. The zero-order valence-electron chi connectivity index (χ0n) is 11.3. The molecule has 0 atom stereocenters. The normalized spacial score (nSPS) is 14.4. The Kier molecular flexibility index (Phi) is 3.43. The number of rotatable bonds is 2. The molecule has 0 radical (unpaired) electrons. The second kappa shape index (κ2) is 5.40. The maximum Gasteiger partial charge on any atom is 0.374 e. The van der Waals surface area contributed by atoms with E-state index < -0.39 is 5.97 Å². The van der Waals surface area contributed by atoms with Crippen LogP contribution in [0.2, 0.25) is 0 Å². The summed E-state index contributed by atoms with van der Waals surface area (Å²) in [6.07, 6.45) is 2.84. The molecule has 0 unspecified atom stereocenters. The Balaban J connectivity index is 1.95. The highest BCUT2D eigenvalue weighted by atomic mass is 16.5. The number of amides is 1. The van der Waals surface area contributed by atoms with Crippen LogP contribution in [0.25, 0.3) is 0 Å². The van der Waals surface area contributed by atoms with Crippen LogP contribution in [0, 0.1) is 0 Å². The van der Waals surface area contributed by atoms with Gasteiger partial charge in [-0.05, 0) is 30.9 Å². The first-order valence-corrected chi connectivity index (χ1v) is 6.76. The van der Waals surface area contributed by atoms with E-state index >= 15 is 0 Å². The summed E-state index contributed by atoms with van der Waals surface area (Å²) >= 11 is 0. The highest BCUT2D eigenvalue weighted by Gasteiger charge is 2.25. The molecule has 1 aliphatic heterocycles. The lowest BCUT2D eigenvalue weighted by molar-refractivity contribution is 0.0651. The number of para-hydroxylation sites is 1. The summed E-state index contributed by atoms with van der Waals surface area (Å²) in [5, 5.41) is 12.4. The van der Waals surface area contributed by atoms with Crippen molar-refractivity contribution in [3.63, 3.8) is 0 Å². The van der Waals surface area contributed by atoms with Gasteiger partial charge in [-0.1, -0.05) is 23.4 Å². The molecular formula is C15H14N2O4. The predicted octanol–water partition coefficient (Wildman–Crippen LogP) is 2.36. The third kappa shape index (κ3) is 2.52. The smallest absolute Gasteiger partial charge is 0.374 e. The van der Waals surface area contributed by atoms with Crippen LogP contribution in [-0.2, 0) is 6.42 Å². The zero-order valence-corrected chi connectivity index (χ0v) is 11.3. The summed E-state index contributed by atoms with van der Waals surface area (Å²) in [4.78, 5) is 25.0. The van der Waals surface area contributed by atoms with E-state index in [1.807, 2.05) is 24.3 Å². The van der Waals surface area contributed by atoms with Crippen molar-refractivity contribution in [3.05, 3.63) is 47.3 Å². The molecule has 2 aromatic rings. The summed E-state index contributed by atoms with van der Waals surface area (Å²) in [6.45, 7) is 0.588. The molecule has 1 aliphatic rings. The van der Waals surface area contributed by atoms with Crippen molar-refractivity contribution in [3.8, 4) is 0 Å². The maximum absolute atomic E-state index is 12.6. The predicted molar refractivity (Wildman–Crippen MR) is 74.5 cm³/mol. The number of carboxylic acids is 1. The van der Waals surface area contributed by atoms with E-state index in [-0.39, 0.29) is 17.4 Å². The van der Waals surface area contributed by atoms with Crippen molar-refractivity contribution in [2.24, 2.45) is 0 Å². The molecule has 1 aromatic heterocycles. The lowest BCUT2D eigenvalue weighted by atomic mass is 10.1. The average Bonchev–Trinajstić information content (AvgIpc) is 2.88. The fourth-order valence-corrected chi connectivity index (χ4v) is 2.52. The summed E-state index contributed by atoms with van der Waals surface area (Å²) in [6, 6.07) is 8.91. The number of hydrogen-bond acceptors (Lipinski definition) is 4.